The molecule has 0 bridgehead atoms. The van der Waals surface area contributed by atoms with Gasteiger partial charge in [0, 0.05) is 22.0 Å². The maximum atomic E-state index is 11.9. The Hall–Kier alpha value is -0.710. The van der Waals surface area contributed by atoms with Crippen LogP contribution < -0.4 is 0 Å². The summed E-state index contributed by atoms with van der Waals surface area (Å²) in [5.41, 5.74) is 1.05. The van der Waals surface area contributed by atoms with E-state index in [0.717, 1.165) is 11.8 Å². The molecule has 3 nitrogen and oxygen atoms in total. The highest BCUT2D eigenvalue weighted by Crippen LogP contribution is 2.27. The molecule has 0 radical (unpaired) electrons. The van der Waals surface area contributed by atoms with E-state index in [0.29, 0.717) is 21.2 Å². The first-order valence-electron chi connectivity index (χ1n) is 5.11. The number of aliphatic carboxylic acids is 1. The van der Waals surface area contributed by atoms with Crippen molar-refractivity contribution in [3.63, 3.8) is 0 Å². The van der Waals surface area contributed by atoms with Gasteiger partial charge in [0.2, 0.25) is 0 Å². The molecule has 1 N–H and O–H groups in total. The number of carbonyl (C=O) groups excluding carboxylic acids is 1. The van der Waals surface area contributed by atoms with Crippen molar-refractivity contribution in [1.29, 1.82) is 0 Å². The van der Waals surface area contributed by atoms with Gasteiger partial charge in [-0.05, 0) is 30.9 Å². The van der Waals surface area contributed by atoms with Gasteiger partial charge in [-0.25, -0.2) is 0 Å². The second kappa shape index (κ2) is 6.45. The Labute approximate surface area is 119 Å². The SMILES string of the molecule is CSC(CC(=O)c1cc(Cl)c(C)c(Cl)c1)C(=O)O. The number of ketones is 1. The maximum absolute atomic E-state index is 11.9. The van der Waals surface area contributed by atoms with E-state index in [1.165, 1.54) is 12.1 Å². The quantitative estimate of drug-likeness (QED) is 0.843. The molecule has 98 valence electrons. The average Bonchev–Trinajstić information content (AvgIpc) is 2.31. The lowest BCUT2D eigenvalue weighted by Gasteiger charge is -2.10. The third kappa shape index (κ3) is 3.64. The number of thioether (sulfide) groups is 1. The summed E-state index contributed by atoms with van der Waals surface area (Å²) < 4.78 is 0. The number of hydrogen-bond donors (Lipinski definition) is 1. The minimum atomic E-state index is -1.000. The fourth-order valence-corrected chi connectivity index (χ4v) is 2.37. The van der Waals surface area contributed by atoms with Crippen LogP contribution in [0.1, 0.15) is 22.3 Å². The minimum absolute atomic E-state index is 0.0772. The highest BCUT2D eigenvalue weighted by molar-refractivity contribution is 7.99. The number of carbonyl (C=O) groups is 2. The molecule has 0 heterocycles. The van der Waals surface area contributed by atoms with E-state index in [1.54, 1.807) is 13.2 Å². The number of benzene rings is 1. The summed E-state index contributed by atoms with van der Waals surface area (Å²) in [6.07, 6.45) is 1.58. The van der Waals surface area contributed by atoms with Crippen LogP contribution in [0.25, 0.3) is 0 Å². The zero-order valence-corrected chi connectivity index (χ0v) is 12.2. The van der Waals surface area contributed by atoms with E-state index in [9.17, 15) is 9.59 Å². The smallest absolute Gasteiger partial charge is 0.317 e. The first kappa shape index (κ1) is 15.3. The Bertz CT molecular complexity index is 465. The summed E-state index contributed by atoms with van der Waals surface area (Å²) in [7, 11) is 0. The number of hydrogen-bond acceptors (Lipinski definition) is 3. The summed E-state index contributed by atoms with van der Waals surface area (Å²) in [5.74, 6) is -1.28. The normalized spacial score (nSPS) is 12.2. The molecule has 1 unspecified atom stereocenters. The maximum Gasteiger partial charge on any atom is 0.317 e. The van der Waals surface area contributed by atoms with Gasteiger partial charge in [0.25, 0.3) is 0 Å². The van der Waals surface area contributed by atoms with Crippen molar-refractivity contribution in [3.8, 4) is 0 Å². The zero-order chi connectivity index (χ0) is 13.9. The summed E-state index contributed by atoms with van der Waals surface area (Å²) in [6, 6.07) is 3.04. The average molecular weight is 307 g/mol. The number of rotatable bonds is 5. The lowest BCUT2D eigenvalue weighted by Crippen LogP contribution is -2.20. The van der Waals surface area contributed by atoms with Crippen molar-refractivity contribution < 1.29 is 14.7 Å². The number of carboxylic acids is 1. The van der Waals surface area contributed by atoms with E-state index in [4.69, 9.17) is 28.3 Å². The van der Waals surface area contributed by atoms with Crippen LogP contribution in [-0.4, -0.2) is 28.4 Å². The van der Waals surface area contributed by atoms with Gasteiger partial charge in [-0.3, -0.25) is 9.59 Å². The zero-order valence-electron chi connectivity index (χ0n) is 9.87. The van der Waals surface area contributed by atoms with Crippen molar-refractivity contribution in [2.24, 2.45) is 0 Å². The van der Waals surface area contributed by atoms with Gasteiger partial charge in [-0.1, -0.05) is 23.2 Å². The summed E-state index contributed by atoms with van der Waals surface area (Å²) >= 11 is 13.0. The third-order valence-corrected chi connectivity index (χ3v) is 4.26. The fraction of sp³-hybridized carbons (Fsp3) is 0.333. The molecule has 0 aliphatic heterocycles. The van der Waals surface area contributed by atoms with Gasteiger partial charge in [0.15, 0.2) is 5.78 Å². The third-order valence-electron chi connectivity index (χ3n) is 2.53. The Morgan fingerprint density at radius 3 is 2.22 bits per heavy atom. The molecule has 1 rings (SSSR count). The van der Waals surface area contributed by atoms with E-state index < -0.39 is 11.2 Å². The van der Waals surface area contributed by atoms with Gasteiger partial charge in [0.1, 0.15) is 5.25 Å². The monoisotopic (exact) mass is 306 g/mol. The van der Waals surface area contributed by atoms with Crippen LogP contribution in [0.2, 0.25) is 10.0 Å². The van der Waals surface area contributed by atoms with Crippen LogP contribution in [0.4, 0.5) is 0 Å². The first-order valence-corrected chi connectivity index (χ1v) is 7.15. The van der Waals surface area contributed by atoms with Crippen molar-refractivity contribution in [2.45, 2.75) is 18.6 Å². The van der Waals surface area contributed by atoms with Crippen molar-refractivity contribution in [1.82, 2.24) is 0 Å². The largest absolute Gasteiger partial charge is 0.480 e. The predicted octanol–water partition coefficient (Wildman–Crippen LogP) is 3.69. The van der Waals surface area contributed by atoms with Crippen LogP contribution in [0.5, 0.6) is 0 Å². The Morgan fingerprint density at radius 2 is 1.83 bits per heavy atom. The summed E-state index contributed by atoms with van der Waals surface area (Å²) in [4.78, 5) is 22.8. The summed E-state index contributed by atoms with van der Waals surface area (Å²) in [5, 5.41) is 8.95. The van der Waals surface area contributed by atoms with Crippen LogP contribution in [-0.2, 0) is 4.79 Å². The van der Waals surface area contributed by atoms with Crippen LogP contribution in [0.3, 0.4) is 0 Å². The standard InChI is InChI=1S/C12H12Cl2O3S/c1-6-8(13)3-7(4-9(6)14)10(15)5-11(18-2)12(16)17/h3-4,11H,5H2,1-2H3,(H,16,17). The first-order chi connectivity index (χ1) is 8.36. The lowest BCUT2D eigenvalue weighted by molar-refractivity contribution is -0.136. The van der Waals surface area contributed by atoms with Crippen LogP contribution in [0.15, 0.2) is 12.1 Å². The van der Waals surface area contributed by atoms with Gasteiger partial charge in [0.05, 0.1) is 0 Å². The van der Waals surface area contributed by atoms with E-state index in [-0.39, 0.29) is 12.2 Å². The van der Waals surface area contributed by atoms with E-state index in [1.807, 2.05) is 0 Å². The molecule has 1 aromatic carbocycles. The van der Waals surface area contributed by atoms with Crippen molar-refractivity contribution in [2.75, 3.05) is 6.26 Å². The number of carboxylic acid groups (broad SMARTS) is 1. The summed E-state index contributed by atoms with van der Waals surface area (Å²) in [6.45, 7) is 1.75. The molecule has 1 atom stereocenters. The molecule has 0 aromatic heterocycles. The molecule has 0 aliphatic carbocycles. The Balaban J connectivity index is 2.94. The highest BCUT2D eigenvalue weighted by atomic mass is 35.5. The second-order valence-corrected chi connectivity index (χ2v) is 5.61. The second-order valence-electron chi connectivity index (χ2n) is 3.75. The van der Waals surface area contributed by atoms with Crippen LogP contribution >= 0.6 is 35.0 Å². The topological polar surface area (TPSA) is 54.4 Å². The fourth-order valence-electron chi connectivity index (χ4n) is 1.36. The van der Waals surface area contributed by atoms with Crippen molar-refractivity contribution in [3.05, 3.63) is 33.3 Å². The molecule has 1 aromatic rings. The highest BCUT2D eigenvalue weighted by Gasteiger charge is 2.21. The number of Topliss-reactive ketones (excluding diaryl/α,β-unsaturated/α-hetero) is 1. The van der Waals surface area contributed by atoms with Gasteiger partial charge in [-0.2, -0.15) is 0 Å². The predicted molar refractivity (Wildman–Crippen MR) is 75.1 cm³/mol. The molecule has 0 aliphatic rings. The van der Waals surface area contributed by atoms with E-state index in [2.05, 4.69) is 0 Å². The van der Waals surface area contributed by atoms with Gasteiger partial charge < -0.3 is 5.11 Å². The van der Waals surface area contributed by atoms with Gasteiger partial charge >= 0.3 is 5.97 Å². The van der Waals surface area contributed by atoms with Crippen molar-refractivity contribution >= 4 is 46.7 Å². The molecule has 0 fully saturated rings. The molecule has 18 heavy (non-hydrogen) atoms. The molecule has 0 amide bonds. The van der Waals surface area contributed by atoms with Crippen LogP contribution in [0, 0.1) is 6.92 Å². The minimum Gasteiger partial charge on any atom is -0.480 e. The molecule has 0 saturated heterocycles. The van der Waals surface area contributed by atoms with E-state index >= 15 is 0 Å². The molecular formula is C12H12Cl2O3S. The molecule has 0 saturated carbocycles. The Kier molecular flexibility index (Phi) is 5.50. The van der Waals surface area contributed by atoms with Gasteiger partial charge in [-0.15, -0.1) is 11.8 Å². The number of halogens is 2. The Morgan fingerprint density at radius 1 is 1.33 bits per heavy atom. The molecular weight excluding hydrogens is 295 g/mol. The molecule has 0 spiro atoms. The molecule has 6 heteroatoms. The lowest BCUT2D eigenvalue weighted by atomic mass is 10.0.